The van der Waals surface area contributed by atoms with Crippen LogP contribution in [0, 0.1) is 20.5 Å². The van der Waals surface area contributed by atoms with Crippen LogP contribution in [0.5, 0.6) is 0 Å². The van der Waals surface area contributed by atoms with E-state index < -0.39 is 0 Å². The Balaban J connectivity index is 2.89. The van der Waals surface area contributed by atoms with Gasteiger partial charge < -0.3 is 4.43 Å². The summed E-state index contributed by atoms with van der Waals surface area (Å²) in [5.41, 5.74) is 3.74. The molecule has 0 aliphatic rings. The number of aryl methyl sites for hydroxylation is 2. The Kier molecular flexibility index (Phi) is 2.85. The van der Waals surface area contributed by atoms with E-state index in [4.69, 9.17) is 4.43 Å². The van der Waals surface area contributed by atoms with Crippen LogP contribution in [0.3, 0.4) is 0 Å². The van der Waals surface area contributed by atoms with Crippen LogP contribution in [-0.4, -0.2) is 10.5 Å². The molecular weight excluding hydrogens is 152 g/mol. The van der Waals surface area contributed by atoms with Crippen molar-refractivity contribution in [1.29, 1.82) is 0 Å². The van der Waals surface area contributed by atoms with Crippen molar-refractivity contribution < 1.29 is 4.43 Å². The second-order valence-corrected chi connectivity index (χ2v) is 3.25. The van der Waals surface area contributed by atoms with Gasteiger partial charge in [-0.15, -0.1) is 0 Å². The van der Waals surface area contributed by atoms with Crippen molar-refractivity contribution in [2.24, 2.45) is 0 Å². The first-order valence-electron chi connectivity index (χ1n) is 3.66. The zero-order valence-electron chi connectivity index (χ0n) is 7.22. The molecule has 0 atom stereocenters. The van der Waals surface area contributed by atoms with Crippen molar-refractivity contribution in [2.75, 3.05) is 0 Å². The Hall–Kier alpha value is -0.603. The summed E-state index contributed by atoms with van der Waals surface area (Å²) in [5.74, 6) is 0. The van der Waals surface area contributed by atoms with E-state index in [-0.39, 0.29) is 0 Å². The van der Waals surface area contributed by atoms with Crippen molar-refractivity contribution in [2.45, 2.75) is 13.8 Å². The average Bonchev–Trinajstić information content (AvgIpc) is 1.85. The van der Waals surface area contributed by atoms with E-state index in [1.165, 1.54) is 11.1 Å². The highest BCUT2D eigenvalue weighted by atomic mass is 28.2. The van der Waals surface area contributed by atoms with Crippen molar-refractivity contribution in [3.8, 4) is 0 Å². The summed E-state index contributed by atoms with van der Waals surface area (Å²) in [4.78, 5) is 0. The van der Waals surface area contributed by atoms with Crippen LogP contribution in [-0.2, 0) is 4.43 Å². The molecule has 0 aliphatic heterocycles. The van der Waals surface area contributed by atoms with Crippen LogP contribution >= 0.6 is 0 Å². The highest BCUT2D eigenvalue weighted by molar-refractivity contribution is 5.98. The smallest absolute Gasteiger partial charge is 0.147 e. The van der Waals surface area contributed by atoms with Crippen LogP contribution in [0.25, 0.3) is 0 Å². The maximum absolute atomic E-state index is 5.05. The molecule has 0 spiro atoms. The molecule has 1 aromatic rings. The number of benzene rings is 1. The first kappa shape index (κ1) is 8.49. The third-order valence-electron chi connectivity index (χ3n) is 1.50. The Morgan fingerprint density at radius 2 is 1.73 bits per heavy atom. The molecule has 1 radical (unpaired) electrons. The number of rotatable bonds is 2. The number of hydrogen-bond donors (Lipinski definition) is 0. The Morgan fingerprint density at radius 1 is 1.18 bits per heavy atom. The second kappa shape index (κ2) is 3.69. The molecule has 0 amide bonds. The molecule has 0 saturated heterocycles. The van der Waals surface area contributed by atoms with Gasteiger partial charge in [0.2, 0.25) is 0 Å². The summed E-state index contributed by atoms with van der Waals surface area (Å²) in [5, 5.41) is 0. The lowest BCUT2D eigenvalue weighted by atomic mass is 10.1. The zero-order chi connectivity index (χ0) is 8.27. The van der Waals surface area contributed by atoms with Crippen molar-refractivity contribution in [1.82, 2.24) is 0 Å². The first-order chi connectivity index (χ1) is 5.22. The maximum atomic E-state index is 5.05. The predicted octanol–water partition coefficient (Wildman–Crippen LogP) is 1.11. The van der Waals surface area contributed by atoms with E-state index in [2.05, 4.69) is 32.0 Å². The predicted molar refractivity (Wildman–Crippen MR) is 50.3 cm³/mol. The molecule has 1 nitrogen and oxygen atoms in total. The van der Waals surface area contributed by atoms with Gasteiger partial charge in [-0.1, -0.05) is 29.3 Å². The fraction of sp³-hybridized carbons (Fsp3) is 0.222. The summed E-state index contributed by atoms with van der Waals surface area (Å²) in [6.45, 7) is 6.00. The van der Waals surface area contributed by atoms with Gasteiger partial charge in [0, 0.05) is 0 Å². The first-order valence-corrected chi connectivity index (χ1v) is 4.48. The molecule has 0 fully saturated rings. The molecule has 2 heteroatoms. The highest BCUT2D eigenvalue weighted by Crippen LogP contribution is 2.10. The fourth-order valence-electron chi connectivity index (χ4n) is 1.21. The highest BCUT2D eigenvalue weighted by Gasteiger charge is 1.94. The lowest BCUT2D eigenvalue weighted by Crippen LogP contribution is -1.87. The van der Waals surface area contributed by atoms with E-state index >= 15 is 0 Å². The third-order valence-corrected chi connectivity index (χ3v) is 1.73. The summed E-state index contributed by atoms with van der Waals surface area (Å²) >= 11 is 0. The van der Waals surface area contributed by atoms with Crippen LogP contribution in [0.4, 0.5) is 0 Å². The molecule has 0 unspecified atom stereocenters. The molecular formula is C9H13OSi. The quantitative estimate of drug-likeness (QED) is 0.597. The van der Waals surface area contributed by atoms with Gasteiger partial charge in [-0.05, 0) is 19.4 Å². The normalized spacial score (nSPS) is 10.4. The van der Waals surface area contributed by atoms with E-state index in [9.17, 15) is 0 Å². The van der Waals surface area contributed by atoms with E-state index in [0.29, 0.717) is 0 Å². The Labute approximate surface area is 70.9 Å². The van der Waals surface area contributed by atoms with Crippen molar-refractivity contribution >= 4 is 10.5 Å². The third kappa shape index (κ3) is 2.48. The Morgan fingerprint density at radius 3 is 2.18 bits per heavy atom. The minimum Gasteiger partial charge on any atom is -0.418 e. The minimum atomic E-state index is 0.764. The van der Waals surface area contributed by atoms with E-state index in [1.54, 1.807) is 0 Å². The molecule has 1 rings (SSSR count). The van der Waals surface area contributed by atoms with Gasteiger partial charge >= 0.3 is 0 Å². The molecule has 0 aromatic heterocycles. The molecule has 0 bridgehead atoms. The SMILES string of the molecule is Cc1cc(C)cc([CH]O[SiH3])c1. The van der Waals surface area contributed by atoms with Gasteiger partial charge in [0.05, 0.1) is 6.61 Å². The van der Waals surface area contributed by atoms with Gasteiger partial charge in [0.15, 0.2) is 0 Å². The molecule has 1 aromatic carbocycles. The van der Waals surface area contributed by atoms with Crippen LogP contribution in [0.15, 0.2) is 18.2 Å². The van der Waals surface area contributed by atoms with E-state index in [1.807, 2.05) is 6.61 Å². The zero-order valence-corrected chi connectivity index (χ0v) is 9.22. The van der Waals surface area contributed by atoms with Gasteiger partial charge in [-0.3, -0.25) is 0 Å². The van der Waals surface area contributed by atoms with Gasteiger partial charge in [-0.25, -0.2) is 0 Å². The summed E-state index contributed by atoms with van der Waals surface area (Å²) < 4.78 is 5.05. The minimum absolute atomic E-state index is 0.764. The van der Waals surface area contributed by atoms with Crippen LogP contribution in [0.2, 0.25) is 0 Å². The fourth-order valence-corrected chi connectivity index (χ4v) is 1.49. The van der Waals surface area contributed by atoms with Crippen molar-refractivity contribution in [3.05, 3.63) is 41.5 Å². The van der Waals surface area contributed by atoms with Crippen LogP contribution < -0.4 is 0 Å². The maximum Gasteiger partial charge on any atom is 0.147 e. The standard InChI is InChI=1S/C9H13OSi/c1-7-3-8(2)5-9(4-7)6-10-11/h3-6H,1-2,11H3. The molecule has 0 heterocycles. The van der Waals surface area contributed by atoms with Crippen molar-refractivity contribution in [3.63, 3.8) is 0 Å². The van der Waals surface area contributed by atoms with Gasteiger partial charge in [0.25, 0.3) is 0 Å². The topological polar surface area (TPSA) is 9.23 Å². The molecule has 11 heavy (non-hydrogen) atoms. The molecule has 0 aliphatic carbocycles. The lowest BCUT2D eigenvalue weighted by molar-refractivity contribution is 0.474. The Bertz CT molecular complexity index is 225. The lowest BCUT2D eigenvalue weighted by Gasteiger charge is -2.02. The number of hydrogen-bond acceptors (Lipinski definition) is 1. The van der Waals surface area contributed by atoms with Gasteiger partial charge in [-0.2, -0.15) is 0 Å². The van der Waals surface area contributed by atoms with Crippen LogP contribution in [0.1, 0.15) is 16.7 Å². The largest absolute Gasteiger partial charge is 0.418 e. The molecule has 59 valence electrons. The average molecular weight is 165 g/mol. The summed E-state index contributed by atoms with van der Waals surface area (Å²) in [6, 6.07) is 6.39. The molecule has 0 saturated carbocycles. The second-order valence-electron chi connectivity index (χ2n) is 2.77. The molecule has 0 N–H and O–H groups in total. The monoisotopic (exact) mass is 165 g/mol. The van der Waals surface area contributed by atoms with E-state index in [0.717, 1.165) is 16.0 Å². The summed E-state index contributed by atoms with van der Waals surface area (Å²) in [6.07, 6.45) is 0. The van der Waals surface area contributed by atoms with Gasteiger partial charge in [0.1, 0.15) is 10.5 Å². The summed E-state index contributed by atoms with van der Waals surface area (Å²) in [7, 11) is 0.764.